The second-order valence-corrected chi connectivity index (χ2v) is 7.41. The summed E-state index contributed by atoms with van der Waals surface area (Å²) in [4.78, 5) is 12.1. The van der Waals surface area contributed by atoms with Crippen molar-refractivity contribution >= 4 is 33.1 Å². The van der Waals surface area contributed by atoms with Crippen molar-refractivity contribution in [2.45, 2.75) is 47.0 Å². The number of nitrogens with one attached hydrogen (secondary N) is 1. The number of aromatic nitrogens is 2. The van der Waals surface area contributed by atoms with E-state index in [-0.39, 0.29) is 0 Å². The van der Waals surface area contributed by atoms with Gasteiger partial charge in [-0.1, -0.05) is 20.3 Å². The zero-order valence-corrected chi connectivity index (χ0v) is 15.5. The Hall–Kier alpha value is -0.940. The fourth-order valence-corrected chi connectivity index (χ4v) is 3.67. The first-order chi connectivity index (χ1) is 10.1. The van der Waals surface area contributed by atoms with Gasteiger partial charge in [0.15, 0.2) is 5.82 Å². The molecule has 0 fully saturated rings. The van der Waals surface area contributed by atoms with Crippen LogP contribution in [0.4, 0.5) is 5.82 Å². The number of hydrogen-bond acceptors (Lipinski definition) is 4. The van der Waals surface area contributed by atoms with E-state index in [2.05, 4.69) is 55.0 Å². The van der Waals surface area contributed by atoms with Gasteiger partial charge in [-0.15, -0.1) is 11.3 Å². The maximum atomic E-state index is 4.78. The number of hydrogen-bond donors (Lipinski definition) is 1. The molecule has 2 rings (SSSR count). The lowest BCUT2D eigenvalue weighted by Gasteiger charge is -2.12. The van der Waals surface area contributed by atoms with Crippen LogP contribution in [0, 0.1) is 13.8 Å². The topological polar surface area (TPSA) is 37.8 Å². The van der Waals surface area contributed by atoms with Crippen molar-refractivity contribution in [3.8, 4) is 11.4 Å². The highest BCUT2D eigenvalue weighted by Crippen LogP contribution is 2.32. The van der Waals surface area contributed by atoms with Gasteiger partial charge in [0.05, 0.1) is 10.2 Å². The molecule has 2 aromatic rings. The van der Waals surface area contributed by atoms with E-state index in [0.29, 0.717) is 0 Å². The molecule has 2 aromatic heterocycles. The second kappa shape index (κ2) is 7.36. The fourth-order valence-electron chi connectivity index (χ4n) is 2.23. The van der Waals surface area contributed by atoms with Crippen molar-refractivity contribution in [1.29, 1.82) is 0 Å². The summed E-state index contributed by atoms with van der Waals surface area (Å²) in [6, 6.07) is 2.18. The first kappa shape index (κ1) is 16.4. The minimum Gasteiger partial charge on any atom is -0.369 e. The van der Waals surface area contributed by atoms with Crippen LogP contribution in [0.3, 0.4) is 0 Å². The van der Waals surface area contributed by atoms with Gasteiger partial charge < -0.3 is 5.32 Å². The maximum Gasteiger partial charge on any atom is 0.162 e. The van der Waals surface area contributed by atoms with E-state index < -0.39 is 0 Å². The fraction of sp³-hybridized carbons (Fsp3) is 0.500. The molecule has 0 aliphatic heterocycles. The predicted octanol–water partition coefficient (Wildman–Crippen LogP) is 5.36. The van der Waals surface area contributed by atoms with E-state index in [0.717, 1.165) is 53.2 Å². The summed E-state index contributed by atoms with van der Waals surface area (Å²) >= 11 is 5.46. The van der Waals surface area contributed by atoms with Crippen LogP contribution < -0.4 is 5.32 Å². The quantitative estimate of drug-likeness (QED) is 0.746. The van der Waals surface area contributed by atoms with Crippen molar-refractivity contribution in [1.82, 2.24) is 9.97 Å². The Bertz CT molecular complexity index is 622. The molecule has 0 atom stereocenters. The monoisotopic (exact) mass is 367 g/mol. The third kappa shape index (κ3) is 3.83. The Labute approximate surface area is 139 Å². The summed E-state index contributed by atoms with van der Waals surface area (Å²) < 4.78 is 1.01. The Morgan fingerprint density at radius 2 is 1.95 bits per heavy atom. The molecule has 0 aromatic carbocycles. The minimum atomic E-state index is 0.835. The normalized spacial score (nSPS) is 10.9. The average molecular weight is 368 g/mol. The lowest BCUT2D eigenvalue weighted by Crippen LogP contribution is -2.07. The molecule has 21 heavy (non-hydrogen) atoms. The van der Waals surface area contributed by atoms with Crippen LogP contribution in [0.2, 0.25) is 0 Å². The average Bonchev–Trinajstić information content (AvgIpc) is 2.79. The molecule has 5 heteroatoms. The molecule has 0 unspecified atom stereocenters. The van der Waals surface area contributed by atoms with Gasteiger partial charge in [-0.2, -0.15) is 0 Å². The number of rotatable bonds is 6. The van der Waals surface area contributed by atoms with Crippen LogP contribution in [0.15, 0.2) is 10.5 Å². The molecule has 3 nitrogen and oxygen atoms in total. The molecular weight excluding hydrogens is 346 g/mol. The summed E-state index contributed by atoms with van der Waals surface area (Å²) in [6.45, 7) is 9.51. The highest BCUT2D eigenvalue weighted by molar-refractivity contribution is 9.10. The van der Waals surface area contributed by atoms with E-state index in [1.54, 1.807) is 11.3 Å². The molecule has 0 radical (unpaired) electrons. The number of aryl methyl sites for hydroxylation is 3. The van der Waals surface area contributed by atoms with Crippen LogP contribution in [0.1, 0.15) is 42.1 Å². The predicted molar refractivity (Wildman–Crippen MR) is 95.3 cm³/mol. The highest BCUT2D eigenvalue weighted by atomic mass is 79.9. The van der Waals surface area contributed by atoms with Gasteiger partial charge in [-0.05, 0) is 48.7 Å². The molecule has 0 aliphatic rings. The van der Waals surface area contributed by atoms with E-state index in [1.807, 2.05) is 0 Å². The zero-order chi connectivity index (χ0) is 15.4. The van der Waals surface area contributed by atoms with E-state index >= 15 is 0 Å². The Morgan fingerprint density at radius 3 is 2.52 bits per heavy atom. The molecule has 0 saturated carbocycles. The van der Waals surface area contributed by atoms with Crippen molar-refractivity contribution < 1.29 is 0 Å². The molecular formula is C16H22BrN3S. The van der Waals surface area contributed by atoms with Crippen molar-refractivity contribution in [3.63, 3.8) is 0 Å². The maximum absolute atomic E-state index is 4.78. The molecule has 0 amide bonds. The van der Waals surface area contributed by atoms with Crippen molar-refractivity contribution in [2.24, 2.45) is 0 Å². The minimum absolute atomic E-state index is 0.835. The molecule has 0 bridgehead atoms. The molecule has 0 aliphatic carbocycles. The number of thiophene rings is 1. The van der Waals surface area contributed by atoms with Crippen LogP contribution in [0.5, 0.6) is 0 Å². The summed E-state index contributed by atoms with van der Waals surface area (Å²) in [5, 5.41) is 3.40. The van der Waals surface area contributed by atoms with E-state index in [9.17, 15) is 0 Å². The lowest BCUT2D eigenvalue weighted by atomic mass is 10.2. The molecule has 114 valence electrons. The zero-order valence-electron chi connectivity index (χ0n) is 13.1. The first-order valence-corrected chi connectivity index (χ1v) is 9.05. The van der Waals surface area contributed by atoms with Gasteiger partial charge in [0.25, 0.3) is 0 Å². The molecule has 1 N–H and O–H groups in total. The summed E-state index contributed by atoms with van der Waals surface area (Å²) in [5.41, 5.74) is 2.24. The molecule has 0 spiro atoms. The summed E-state index contributed by atoms with van der Waals surface area (Å²) in [7, 11) is 0. The molecule has 2 heterocycles. The highest BCUT2D eigenvalue weighted by Gasteiger charge is 2.15. The van der Waals surface area contributed by atoms with Gasteiger partial charge in [-0.25, -0.2) is 9.97 Å². The standard InChI is InChI=1S/C16H22BrN3S/c1-5-7-13-14(17)16(18-8-6-2)20-15(19-13)12-9-10(3)21-11(12)4/h9H,5-8H2,1-4H3,(H,18,19,20). The number of halogens is 1. The van der Waals surface area contributed by atoms with Crippen LogP contribution >= 0.6 is 27.3 Å². The smallest absolute Gasteiger partial charge is 0.162 e. The third-order valence-electron chi connectivity index (χ3n) is 3.23. The largest absolute Gasteiger partial charge is 0.369 e. The first-order valence-electron chi connectivity index (χ1n) is 7.44. The summed E-state index contributed by atoms with van der Waals surface area (Å²) in [5.74, 6) is 1.75. The van der Waals surface area contributed by atoms with Crippen LogP contribution in [-0.2, 0) is 6.42 Å². The van der Waals surface area contributed by atoms with Gasteiger partial charge in [0.1, 0.15) is 5.82 Å². The SMILES string of the molecule is CCCNc1nc(-c2cc(C)sc2C)nc(CCC)c1Br. The second-order valence-electron chi connectivity index (χ2n) is 5.16. The van der Waals surface area contributed by atoms with Crippen molar-refractivity contribution in [2.75, 3.05) is 11.9 Å². The van der Waals surface area contributed by atoms with E-state index in [1.165, 1.54) is 9.75 Å². The molecule has 0 saturated heterocycles. The lowest BCUT2D eigenvalue weighted by molar-refractivity contribution is 0.864. The van der Waals surface area contributed by atoms with Crippen molar-refractivity contribution in [3.05, 3.63) is 26.0 Å². The van der Waals surface area contributed by atoms with Crippen LogP contribution in [-0.4, -0.2) is 16.5 Å². The Morgan fingerprint density at radius 1 is 1.19 bits per heavy atom. The number of anilines is 1. The third-order valence-corrected chi connectivity index (χ3v) is 5.03. The summed E-state index contributed by atoms with van der Waals surface area (Å²) in [6.07, 6.45) is 3.11. The van der Waals surface area contributed by atoms with Gasteiger partial charge in [0, 0.05) is 21.9 Å². The van der Waals surface area contributed by atoms with Gasteiger partial charge >= 0.3 is 0 Å². The van der Waals surface area contributed by atoms with Crippen LogP contribution in [0.25, 0.3) is 11.4 Å². The van der Waals surface area contributed by atoms with E-state index in [4.69, 9.17) is 9.97 Å². The Balaban J connectivity index is 2.50. The van der Waals surface area contributed by atoms with Gasteiger partial charge in [-0.3, -0.25) is 0 Å². The number of nitrogens with zero attached hydrogens (tertiary/aromatic N) is 2. The Kier molecular flexibility index (Phi) is 5.76. The van der Waals surface area contributed by atoms with Gasteiger partial charge in [0.2, 0.25) is 0 Å².